The van der Waals surface area contributed by atoms with E-state index in [1.165, 1.54) is 0 Å². The molecule has 0 bridgehead atoms. The summed E-state index contributed by atoms with van der Waals surface area (Å²) in [4.78, 5) is 17.2. The average Bonchev–Trinajstić information content (AvgIpc) is 2.63. The number of carboxylic acid groups (broad SMARTS) is 1. The topological polar surface area (TPSA) is 62.7 Å². The Kier molecular flexibility index (Phi) is 4.09. The number of hydrogen-bond acceptors (Lipinski definition) is 5. The number of rotatable bonds is 4. The van der Waals surface area contributed by atoms with Gasteiger partial charge in [-0.2, -0.15) is 0 Å². The standard InChI is InChI=1S/C11H16N2O3S/c1-8-7-17-10(12-8)6-13-2-3-16-9(5-13)4-11(14)15/h7,9H,2-6H2,1H3,(H,14,15). The molecule has 6 heteroatoms. The highest BCUT2D eigenvalue weighted by atomic mass is 32.1. The number of aryl methyl sites for hydroxylation is 1. The Hall–Kier alpha value is -0.980. The van der Waals surface area contributed by atoms with Crippen molar-refractivity contribution < 1.29 is 14.6 Å². The summed E-state index contributed by atoms with van der Waals surface area (Å²) in [6.07, 6.45) is -0.116. The van der Waals surface area contributed by atoms with Gasteiger partial charge >= 0.3 is 5.97 Å². The quantitative estimate of drug-likeness (QED) is 0.875. The molecule has 2 heterocycles. The number of carboxylic acids is 1. The van der Waals surface area contributed by atoms with Crippen molar-refractivity contribution in [2.75, 3.05) is 19.7 Å². The SMILES string of the molecule is Cc1csc(CN2CCOC(CC(=O)O)C2)n1. The molecule has 1 aromatic heterocycles. The van der Waals surface area contributed by atoms with Gasteiger partial charge in [-0.25, -0.2) is 4.98 Å². The molecule has 1 fully saturated rings. The molecule has 2 rings (SSSR count). The fourth-order valence-electron chi connectivity index (χ4n) is 1.91. The van der Waals surface area contributed by atoms with E-state index in [1.54, 1.807) is 11.3 Å². The lowest BCUT2D eigenvalue weighted by Crippen LogP contribution is -2.42. The minimum atomic E-state index is -0.804. The molecule has 0 radical (unpaired) electrons. The van der Waals surface area contributed by atoms with Gasteiger partial charge in [0.05, 0.1) is 25.7 Å². The van der Waals surface area contributed by atoms with Gasteiger partial charge in [-0.05, 0) is 6.92 Å². The lowest BCUT2D eigenvalue weighted by molar-refractivity contribution is -0.142. The fourth-order valence-corrected chi connectivity index (χ4v) is 2.72. The summed E-state index contributed by atoms with van der Waals surface area (Å²) >= 11 is 1.65. The first-order valence-corrected chi connectivity index (χ1v) is 6.48. The van der Waals surface area contributed by atoms with Gasteiger partial charge in [0.15, 0.2) is 0 Å². The Morgan fingerprint density at radius 2 is 2.59 bits per heavy atom. The van der Waals surface area contributed by atoms with E-state index in [-0.39, 0.29) is 12.5 Å². The zero-order chi connectivity index (χ0) is 12.3. The van der Waals surface area contributed by atoms with Gasteiger partial charge in [0, 0.05) is 24.2 Å². The minimum Gasteiger partial charge on any atom is -0.481 e. The van der Waals surface area contributed by atoms with E-state index in [4.69, 9.17) is 9.84 Å². The number of thiazole rings is 1. The van der Waals surface area contributed by atoms with Crippen molar-refractivity contribution >= 4 is 17.3 Å². The van der Waals surface area contributed by atoms with E-state index < -0.39 is 5.97 Å². The fraction of sp³-hybridized carbons (Fsp3) is 0.636. The normalized spacial score (nSPS) is 21.6. The predicted molar refractivity (Wildman–Crippen MR) is 64.1 cm³/mol. The highest BCUT2D eigenvalue weighted by Gasteiger charge is 2.23. The molecule has 0 saturated carbocycles. The number of ether oxygens (including phenoxy) is 1. The second-order valence-corrected chi connectivity index (χ2v) is 5.15. The van der Waals surface area contributed by atoms with E-state index in [0.29, 0.717) is 13.2 Å². The van der Waals surface area contributed by atoms with Crippen LogP contribution in [0.2, 0.25) is 0 Å². The zero-order valence-electron chi connectivity index (χ0n) is 9.76. The van der Waals surface area contributed by atoms with Crippen molar-refractivity contribution in [2.24, 2.45) is 0 Å². The first kappa shape index (κ1) is 12.5. The number of aliphatic carboxylic acids is 1. The molecule has 1 N–H and O–H groups in total. The van der Waals surface area contributed by atoms with Crippen LogP contribution in [0.1, 0.15) is 17.1 Å². The highest BCUT2D eigenvalue weighted by molar-refractivity contribution is 7.09. The Morgan fingerprint density at radius 1 is 1.76 bits per heavy atom. The van der Waals surface area contributed by atoms with E-state index >= 15 is 0 Å². The minimum absolute atomic E-state index is 0.0768. The van der Waals surface area contributed by atoms with Crippen molar-refractivity contribution in [2.45, 2.75) is 26.0 Å². The Balaban J connectivity index is 1.87. The summed E-state index contributed by atoms with van der Waals surface area (Å²) in [5.41, 5.74) is 1.04. The monoisotopic (exact) mass is 256 g/mol. The molecule has 1 atom stereocenters. The molecule has 1 saturated heterocycles. The van der Waals surface area contributed by atoms with E-state index in [9.17, 15) is 4.79 Å². The van der Waals surface area contributed by atoms with Crippen molar-refractivity contribution in [1.29, 1.82) is 0 Å². The molecular formula is C11H16N2O3S. The van der Waals surface area contributed by atoms with Crippen LogP contribution in [-0.4, -0.2) is 46.8 Å². The van der Waals surface area contributed by atoms with Crippen LogP contribution in [-0.2, 0) is 16.1 Å². The maximum Gasteiger partial charge on any atom is 0.306 e. The second-order valence-electron chi connectivity index (χ2n) is 4.21. The molecule has 0 aromatic carbocycles. The van der Waals surface area contributed by atoms with Gasteiger partial charge in [0.2, 0.25) is 0 Å². The smallest absolute Gasteiger partial charge is 0.306 e. The van der Waals surface area contributed by atoms with Gasteiger partial charge < -0.3 is 9.84 Å². The summed E-state index contributed by atoms with van der Waals surface area (Å²) in [6, 6.07) is 0. The molecule has 5 nitrogen and oxygen atoms in total. The van der Waals surface area contributed by atoms with Crippen LogP contribution in [0, 0.1) is 6.92 Å². The molecule has 1 aromatic rings. The Labute approximate surface area is 104 Å². The third-order valence-corrected chi connectivity index (χ3v) is 3.60. The van der Waals surface area contributed by atoms with Crippen LogP contribution in [0.5, 0.6) is 0 Å². The van der Waals surface area contributed by atoms with Crippen LogP contribution in [0.3, 0.4) is 0 Å². The molecule has 0 spiro atoms. The summed E-state index contributed by atoms with van der Waals surface area (Å²) in [7, 11) is 0. The first-order valence-electron chi connectivity index (χ1n) is 5.60. The number of hydrogen-bond donors (Lipinski definition) is 1. The molecule has 0 amide bonds. The van der Waals surface area contributed by atoms with Crippen LogP contribution >= 0.6 is 11.3 Å². The van der Waals surface area contributed by atoms with Crippen molar-refractivity contribution in [3.8, 4) is 0 Å². The maximum atomic E-state index is 10.6. The lowest BCUT2D eigenvalue weighted by atomic mass is 10.2. The van der Waals surface area contributed by atoms with Gasteiger partial charge in [-0.15, -0.1) is 11.3 Å². The Bertz CT molecular complexity index is 394. The van der Waals surface area contributed by atoms with Crippen LogP contribution < -0.4 is 0 Å². The molecule has 0 aliphatic carbocycles. The van der Waals surface area contributed by atoms with Gasteiger partial charge in [0.1, 0.15) is 5.01 Å². The van der Waals surface area contributed by atoms with E-state index in [1.807, 2.05) is 12.3 Å². The third-order valence-electron chi connectivity index (χ3n) is 2.65. The van der Waals surface area contributed by atoms with Gasteiger partial charge in [-0.1, -0.05) is 0 Å². The van der Waals surface area contributed by atoms with Gasteiger partial charge in [0.25, 0.3) is 0 Å². The van der Waals surface area contributed by atoms with Crippen molar-refractivity contribution in [1.82, 2.24) is 9.88 Å². The molecule has 17 heavy (non-hydrogen) atoms. The summed E-state index contributed by atoms with van der Waals surface area (Å²) in [5, 5.41) is 11.9. The maximum absolute atomic E-state index is 10.6. The molecule has 1 unspecified atom stereocenters. The molecule has 1 aliphatic heterocycles. The summed E-state index contributed by atoms with van der Waals surface area (Å²) in [6.45, 7) is 4.88. The number of morpholine rings is 1. The first-order chi connectivity index (χ1) is 8.13. The second kappa shape index (κ2) is 5.57. The van der Waals surface area contributed by atoms with E-state index in [0.717, 1.165) is 23.8 Å². The molecule has 1 aliphatic rings. The molecular weight excluding hydrogens is 240 g/mol. The van der Waals surface area contributed by atoms with Crippen LogP contribution in [0.25, 0.3) is 0 Å². The predicted octanol–water partition coefficient (Wildman–Crippen LogP) is 1.13. The third kappa shape index (κ3) is 3.76. The number of aromatic nitrogens is 1. The largest absolute Gasteiger partial charge is 0.481 e. The van der Waals surface area contributed by atoms with Gasteiger partial charge in [-0.3, -0.25) is 9.69 Å². The highest BCUT2D eigenvalue weighted by Crippen LogP contribution is 2.15. The summed E-state index contributed by atoms with van der Waals surface area (Å²) < 4.78 is 5.42. The van der Waals surface area contributed by atoms with Crippen molar-refractivity contribution in [3.63, 3.8) is 0 Å². The zero-order valence-corrected chi connectivity index (χ0v) is 10.6. The van der Waals surface area contributed by atoms with Crippen molar-refractivity contribution in [3.05, 3.63) is 16.1 Å². The average molecular weight is 256 g/mol. The Morgan fingerprint density at radius 3 is 3.24 bits per heavy atom. The number of carbonyl (C=O) groups is 1. The van der Waals surface area contributed by atoms with Crippen LogP contribution in [0.15, 0.2) is 5.38 Å². The number of nitrogens with zero attached hydrogens (tertiary/aromatic N) is 2. The molecule has 94 valence electrons. The van der Waals surface area contributed by atoms with Crippen LogP contribution in [0.4, 0.5) is 0 Å². The lowest BCUT2D eigenvalue weighted by Gasteiger charge is -2.31. The summed E-state index contributed by atoms with van der Waals surface area (Å²) in [5.74, 6) is -0.804. The van der Waals surface area contributed by atoms with E-state index in [2.05, 4.69) is 9.88 Å².